The van der Waals surface area contributed by atoms with E-state index >= 15 is 0 Å². The molecule has 1 aromatic heterocycles. The third-order valence-corrected chi connectivity index (χ3v) is 4.38. The highest BCUT2D eigenvalue weighted by Crippen LogP contribution is 2.34. The molecule has 0 atom stereocenters. The number of thiazole rings is 1. The molecule has 0 radical (unpaired) electrons. The molecule has 4 nitrogen and oxygen atoms in total. The van der Waals surface area contributed by atoms with Gasteiger partial charge in [-0.1, -0.05) is 23.8 Å². The van der Waals surface area contributed by atoms with Crippen molar-refractivity contribution in [2.24, 2.45) is 5.73 Å². The van der Waals surface area contributed by atoms with Crippen molar-refractivity contribution in [3.63, 3.8) is 0 Å². The number of anilines is 1. The summed E-state index contributed by atoms with van der Waals surface area (Å²) in [6, 6.07) is 6.27. The topological polar surface area (TPSA) is 68.0 Å². The summed E-state index contributed by atoms with van der Waals surface area (Å²) < 4.78 is 0. The fraction of sp³-hybridized carbons (Fsp3) is 0.333. The molecule has 2 aromatic rings. The summed E-state index contributed by atoms with van der Waals surface area (Å²) in [4.78, 5) is 16.4. The molecule has 20 heavy (non-hydrogen) atoms. The first kappa shape index (κ1) is 13.3. The first-order valence-electron chi connectivity index (χ1n) is 6.61. The quantitative estimate of drug-likeness (QED) is 0.912. The maximum atomic E-state index is 11.9. The van der Waals surface area contributed by atoms with Crippen molar-refractivity contribution in [2.45, 2.75) is 32.2 Å². The van der Waals surface area contributed by atoms with E-state index in [1.165, 1.54) is 22.5 Å². The van der Waals surface area contributed by atoms with Gasteiger partial charge in [-0.05, 0) is 32.3 Å². The highest BCUT2D eigenvalue weighted by atomic mass is 32.1. The number of nitrogens with zero attached hydrogens (tertiary/aromatic N) is 1. The zero-order valence-corrected chi connectivity index (χ0v) is 12.4. The van der Waals surface area contributed by atoms with Crippen molar-refractivity contribution in [3.05, 3.63) is 34.7 Å². The Morgan fingerprint density at radius 3 is 2.80 bits per heavy atom. The molecule has 3 N–H and O–H groups in total. The third-order valence-electron chi connectivity index (χ3n) is 3.62. The SMILES string of the molecule is Cc1ccc(-c2csc(NC(=O)C3(N)CC3)n2)c(C)c1. The van der Waals surface area contributed by atoms with Crippen LogP contribution in [0.15, 0.2) is 23.6 Å². The fourth-order valence-corrected chi connectivity index (χ4v) is 2.84. The van der Waals surface area contributed by atoms with E-state index in [0.29, 0.717) is 5.13 Å². The van der Waals surface area contributed by atoms with Gasteiger partial charge in [-0.25, -0.2) is 4.98 Å². The predicted octanol–water partition coefficient (Wildman–Crippen LogP) is 2.86. The van der Waals surface area contributed by atoms with Crippen LogP contribution >= 0.6 is 11.3 Å². The van der Waals surface area contributed by atoms with Gasteiger partial charge in [0, 0.05) is 10.9 Å². The Kier molecular flexibility index (Phi) is 3.11. The maximum absolute atomic E-state index is 11.9. The van der Waals surface area contributed by atoms with E-state index in [9.17, 15) is 4.79 Å². The molecule has 5 heteroatoms. The van der Waals surface area contributed by atoms with E-state index in [-0.39, 0.29) is 5.91 Å². The molecule has 0 bridgehead atoms. The second-order valence-corrected chi connectivity index (χ2v) is 6.32. The second-order valence-electron chi connectivity index (χ2n) is 5.47. The Labute approximate surface area is 122 Å². The first-order valence-corrected chi connectivity index (χ1v) is 7.49. The largest absolute Gasteiger partial charge is 0.317 e. The minimum absolute atomic E-state index is 0.126. The van der Waals surface area contributed by atoms with Crippen molar-refractivity contribution in [1.82, 2.24) is 4.98 Å². The van der Waals surface area contributed by atoms with E-state index in [2.05, 4.69) is 42.3 Å². The van der Waals surface area contributed by atoms with Gasteiger partial charge in [0.15, 0.2) is 5.13 Å². The zero-order chi connectivity index (χ0) is 14.3. The van der Waals surface area contributed by atoms with Crippen LogP contribution in [0.1, 0.15) is 24.0 Å². The molecule has 1 amide bonds. The molecular formula is C15H17N3OS. The lowest BCUT2D eigenvalue weighted by atomic mass is 10.0. The predicted molar refractivity (Wildman–Crippen MR) is 81.8 cm³/mol. The van der Waals surface area contributed by atoms with Crippen molar-refractivity contribution >= 4 is 22.4 Å². The summed E-state index contributed by atoms with van der Waals surface area (Å²) in [5.41, 5.74) is 9.61. The van der Waals surface area contributed by atoms with Crippen LogP contribution in [0.25, 0.3) is 11.3 Å². The van der Waals surface area contributed by atoms with Gasteiger partial charge in [-0.3, -0.25) is 4.79 Å². The van der Waals surface area contributed by atoms with Gasteiger partial charge in [0.2, 0.25) is 5.91 Å². The number of aryl methyl sites for hydroxylation is 2. The summed E-state index contributed by atoms with van der Waals surface area (Å²) in [5.74, 6) is -0.126. The molecule has 1 aromatic carbocycles. The van der Waals surface area contributed by atoms with Gasteiger partial charge in [-0.15, -0.1) is 11.3 Å². The number of hydrogen-bond donors (Lipinski definition) is 2. The number of aromatic nitrogens is 1. The van der Waals surface area contributed by atoms with E-state index < -0.39 is 5.54 Å². The Bertz CT molecular complexity index is 674. The molecule has 104 valence electrons. The Morgan fingerprint density at radius 1 is 1.40 bits per heavy atom. The van der Waals surface area contributed by atoms with Gasteiger partial charge in [-0.2, -0.15) is 0 Å². The normalized spacial score (nSPS) is 15.9. The molecule has 1 aliphatic rings. The molecule has 0 spiro atoms. The Hall–Kier alpha value is -1.72. The van der Waals surface area contributed by atoms with Gasteiger partial charge in [0.1, 0.15) is 0 Å². The lowest BCUT2D eigenvalue weighted by Crippen LogP contribution is -2.37. The molecule has 0 unspecified atom stereocenters. The Balaban J connectivity index is 1.81. The van der Waals surface area contributed by atoms with Crippen LogP contribution in [-0.4, -0.2) is 16.4 Å². The Morgan fingerprint density at radius 2 is 2.15 bits per heavy atom. The average molecular weight is 287 g/mol. The molecule has 1 heterocycles. The molecule has 0 aliphatic heterocycles. The fourth-order valence-electron chi connectivity index (χ4n) is 2.14. The van der Waals surface area contributed by atoms with Crippen LogP contribution in [0, 0.1) is 13.8 Å². The minimum Gasteiger partial charge on any atom is -0.317 e. The third kappa shape index (κ3) is 2.46. The van der Waals surface area contributed by atoms with Gasteiger partial charge in [0.25, 0.3) is 0 Å². The van der Waals surface area contributed by atoms with Gasteiger partial charge < -0.3 is 11.1 Å². The van der Waals surface area contributed by atoms with E-state index in [4.69, 9.17) is 5.73 Å². The number of rotatable bonds is 3. The summed E-state index contributed by atoms with van der Waals surface area (Å²) in [6.45, 7) is 4.14. The zero-order valence-electron chi connectivity index (χ0n) is 11.6. The molecule has 0 saturated heterocycles. The van der Waals surface area contributed by atoms with E-state index in [1.807, 2.05) is 5.38 Å². The number of nitrogens with two attached hydrogens (primary N) is 1. The van der Waals surface area contributed by atoms with Crippen molar-refractivity contribution in [3.8, 4) is 11.3 Å². The van der Waals surface area contributed by atoms with Crippen LogP contribution in [0.4, 0.5) is 5.13 Å². The van der Waals surface area contributed by atoms with E-state index in [0.717, 1.165) is 24.1 Å². The molecule has 1 fully saturated rings. The van der Waals surface area contributed by atoms with Crippen LogP contribution in [-0.2, 0) is 4.79 Å². The summed E-state index contributed by atoms with van der Waals surface area (Å²) >= 11 is 1.43. The number of carbonyl (C=O) groups is 1. The average Bonchev–Trinajstić information content (AvgIpc) is 2.98. The number of nitrogens with one attached hydrogen (secondary N) is 1. The van der Waals surface area contributed by atoms with Crippen molar-refractivity contribution < 1.29 is 4.79 Å². The van der Waals surface area contributed by atoms with Crippen molar-refractivity contribution in [1.29, 1.82) is 0 Å². The summed E-state index contributed by atoms with van der Waals surface area (Å²) in [5, 5.41) is 5.38. The van der Waals surface area contributed by atoms with Crippen LogP contribution in [0.2, 0.25) is 0 Å². The van der Waals surface area contributed by atoms with Gasteiger partial charge >= 0.3 is 0 Å². The maximum Gasteiger partial charge on any atom is 0.246 e. The van der Waals surface area contributed by atoms with Gasteiger partial charge in [0.05, 0.1) is 11.2 Å². The second kappa shape index (κ2) is 4.68. The van der Waals surface area contributed by atoms with Crippen LogP contribution in [0.3, 0.4) is 0 Å². The lowest BCUT2D eigenvalue weighted by Gasteiger charge is -2.07. The number of amides is 1. The molecule has 1 aliphatic carbocycles. The monoisotopic (exact) mass is 287 g/mol. The number of carbonyl (C=O) groups excluding carboxylic acids is 1. The molecule has 3 rings (SSSR count). The minimum atomic E-state index is -0.661. The highest BCUT2D eigenvalue weighted by Gasteiger charge is 2.46. The smallest absolute Gasteiger partial charge is 0.246 e. The molecular weight excluding hydrogens is 270 g/mol. The van der Waals surface area contributed by atoms with Crippen LogP contribution < -0.4 is 11.1 Å². The first-order chi connectivity index (χ1) is 9.48. The van der Waals surface area contributed by atoms with Crippen LogP contribution in [0.5, 0.6) is 0 Å². The van der Waals surface area contributed by atoms with E-state index in [1.54, 1.807) is 0 Å². The molecule has 1 saturated carbocycles. The number of hydrogen-bond acceptors (Lipinski definition) is 4. The van der Waals surface area contributed by atoms with Crippen molar-refractivity contribution in [2.75, 3.05) is 5.32 Å². The summed E-state index contributed by atoms with van der Waals surface area (Å²) in [7, 11) is 0. The number of benzene rings is 1. The standard InChI is InChI=1S/C15H17N3OS/c1-9-3-4-11(10(2)7-9)12-8-20-14(17-12)18-13(19)15(16)5-6-15/h3-4,7-8H,5-6,16H2,1-2H3,(H,17,18,19). The highest BCUT2D eigenvalue weighted by molar-refractivity contribution is 7.14. The lowest BCUT2D eigenvalue weighted by molar-refractivity contribution is -0.118. The summed E-state index contributed by atoms with van der Waals surface area (Å²) in [6.07, 6.45) is 1.52.